The summed E-state index contributed by atoms with van der Waals surface area (Å²) >= 11 is 6.04. The lowest BCUT2D eigenvalue weighted by atomic mass is 9.88. The SMILES string of the molecule is COc1ccc(C2(O)CNC2)c(Cl)c1. The average molecular weight is 214 g/mol. The van der Waals surface area contributed by atoms with E-state index in [-0.39, 0.29) is 0 Å². The highest BCUT2D eigenvalue weighted by Crippen LogP contribution is 2.33. The summed E-state index contributed by atoms with van der Waals surface area (Å²) in [5, 5.41) is 13.6. The molecule has 0 amide bonds. The number of aliphatic hydroxyl groups is 1. The molecule has 0 saturated carbocycles. The van der Waals surface area contributed by atoms with Crippen molar-refractivity contribution < 1.29 is 9.84 Å². The fourth-order valence-corrected chi connectivity index (χ4v) is 1.90. The van der Waals surface area contributed by atoms with Crippen LogP contribution in [0.15, 0.2) is 18.2 Å². The molecule has 1 saturated heterocycles. The van der Waals surface area contributed by atoms with Crippen LogP contribution in [0.2, 0.25) is 5.02 Å². The van der Waals surface area contributed by atoms with Gasteiger partial charge in [0.15, 0.2) is 0 Å². The van der Waals surface area contributed by atoms with Crippen LogP contribution < -0.4 is 10.1 Å². The van der Waals surface area contributed by atoms with Crippen molar-refractivity contribution in [1.29, 1.82) is 0 Å². The van der Waals surface area contributed by atoms with E-state index >= 15 is 0 Å². The van der Waals surface area contributed by atoms with Crippen LogP contribution in [0.5, 0.6) is 5.75 Å². The Balaban J connectivity index is 2.35. The summed E-state index contributed by atoms with van der Waals surface area (Å²) in [6, 6.07) is 5.33. The number of hydrogen-bond donors (Lipinski definition) is 2. The highest BCUT2D eigenvalue weighted by atomic mass is 35.5. The Hall–Kier alpha value is -0.770. The molecule has 1 aliphatic heterocycles. The molecule has 0 bridgehead atoms. The molecule has 4 heteroatoms. The van der Waals surface area contributed by atoms with Crippen molar-refractivity contribution in [2.75, 3.05) is 20.2 Å². The molecule has 0 atom stereocenters. The van der Waals surface area contributed by atoms with Gasteiger partial charge in [-0.3, -0.25) is 0 Å². The zero-order valence-corrected chi connectivity index (χ0v) is 8.64. The Morgan fingerprint density at radius 1 is 1.50 bits per heavy atom. The predicted octanol–water partition coefficient (Wildman–Crippen LogP) is 1.14. The van der Waals surface area contributed by atoms with Gasteiger partial charge in [0.25, 0.3) is 0 Å². The van der Waals surface area contributed by atoms with E-state index in [2.05, 4.69) is 5.32 Å². The minimum absolute atomic E-state index is 0.549. The van der Waals surface area contributed by atoms with Gasteiger partial charge in [-0.2, -0.15) is 0 Å². The normalized spacial score (nSPS) is 18.8. The molecule has 0 radical (unpaired) electrons. The molecule has 3 nitrogen and oxygen atoms in total. The zero-order chi connectivity index (χ0) is 10.2. The minimum Gasteiger partial charge on any atom is -0.497 e. The van der Waals surface area contributed by atoms with Gasteiger partial charge in [-0.05, 0) is 12.1 Å². The van der Waals surface area contributed by atoms with Gasteiger partial charge in [-0.1, -0.05) is 17.7 Å². The first kappa shape index (κ1) is 9.77. The predicted molar refractivity (Wildman–Crippen MR) is 54.8 cm³/mol. The van der Waals surface area contributed by atoms with Crippen molar-refractivity contribution in [3.8, 4) is 5.75 Å². The third-order valence-corrected chi connectivity index (χ3v) is 2.83. The Labute approximate surface area is 87.6 Å². The number of ether oxygens (including phenoxy) is 1. The van der Waals surface area contributed by atoms with Gasteiger partial charge in [0.1, 0.15) is 11.4 Å². The molecule has 1 aromatic rings. The van der Waals surface area contributed by atoms with Gasteiger partial charge < -0.3 is 15.2 Å². The summed E-state index contributed by atoms with van der Waals surface area (Å²) < 4.78 is 5.03. The molecule has 76 valence electrons. The maximum Gasteiger partial charge on any atom is 0.120 e. The number of nitrogens with one attached hydrogen (secondary N) is 1. The van der Waals surface area contributed by atoms with E-state index in [1.54, 1.807) is 19.2 Å². The molecule has 14 heavy (non-hydrogen) atoms. The van der Waals surface area contributed by atoms with Crippen molar-refractivity contribution in [3.63, 3.8) is 0 Å². The van der Waals surface area contributed by atoms with Crippen LogP contribution in [-0.4, -0.2) is 25.3 Å². The molecular weight excluding hydrogens is 202 g/mol. The van der Waals surface area contributed by atoms with Crippen LogP contribution in [-0.2, 0) is 5.60 Å². The van der Waals surface area contributed by atoms with Crippen molar-refractivity contribution in [2.45, 2.75) is 5.60 Å². The van der Waals surface area contributed by atoms with Crippen LogP contribution in [0.4, 0.5) is 0 Å². The van der Waals surface area contributed by atoms with Gasteiger partial charge >= 0.3 is 0 Å². The highest BCUT2D eigenvalue weighted by Gasteiger charge is 2.37. The second-order valence-electron chi connectivity index (χ2n) is 3.48. The molecule has 2 rings (SSSR count). The molecule has 0 unspecified atom stereocenters. The lowest BCUT2D eigenvalue weighted by Gasteiger charge is -2.38. The average Bonchev–Trinajstić information content (AvgIpc) is 2.14. The largest absolute Gasteiger partial charge is 0.497 e. The molecular formula is C10H12ClNO2. The van der Waals surface area contributed by atoms with Crippen LogP contribution >= 0.6 is 11.6 Å². The fourth-order valence-electron chi connectivity index (χ4n) is 1.55. The summed E-state index contributed by atoms with van der Waals surface area (Å²) in [6.45, 7) is 1.11. The molecule has 1 heterocycles. The van der Waals surface area contributed by atoms with Gasteiger partial charge in [-0.15, -0.1) is 0 Å². The van der Waals surface area contributed by atoms with Crippen LogP contribution in [0.1, 0.15) is 5.56 Å². The van der Waals surface area contributed by atoms with E-state index in [0.29, 0.717) is 23.9 Å². The van der Waals surface area contributed by atoms with Gasteiger partial charge in [-0.25, -0.2) is 0 Å². The highest BCUT2D eigenvalue weighted by molar-refractivity contribution is 6.31. The molecule has 0 spiro atoms. The Morgan fingerprint density at radius 2 is 2.21 bits per heavy atom. The summed E-state index contributed by atoms with van der Waals surface area (Å²) in [6.07, 6.45) is 0. The van der Waals surface area contributed by atoms with Gasteiger partial charge in [0.2, 0.25) is 0 Å². The topological polar surface area (TPSA) is 41.5 Å². The third-order valence-electron chi connectivity index (χ3n) is 2.51. The first-order chi connectivity index (χ1) is 6.65. The number of hydrogen-bond acceptors (Lipinski definition) is 3. The van der Waals surface area contributed by atoms with E-state index in [4.69, 9.17) is 16.3 Å². The molecule has 1 aromatic carbocycles. The number of β-amino-alcohol motifs (C(OH)–C–C–N with tert-alkyl or cyclic N) is 1. The van der Waals surface area contributed by atoms with E-state index in [9.17, 15) is 5.11 Å². The van der Waals surface area contributed by atoms with E-state index in [0.717, 1.165) is 5.56 Å². The number of methoxy groups -OCH3 is 1. The molecule has 2 N–H and O–H groups in total. The first-order valence-electron chi connectivity index (χ1n) is 4.43. The minimum atomic E-state index is -0.802. The van der Waals surface area contributed by atoms with Crippen molar-refractivity contribution in [2.24, 2.45) is 0 Å². The maximum atomic E-state index is 10.0. The first-order valence-corrected chi connectivity index (χ1v) is 4.81. The van der Waals surface area contributed by atoms with Crippen LogP contribution in [0.25, 0.3) is 0 Å². The molecule has 1 aliphatic rings. The Bertz CT molecular complexity index is 350. The fraction of sp³-hybridized carbons (Fsp3) is 0.400. The Morgan fingerprint density at radius 3 is 2.64 bits per heavy atom. The second kappa shape index (κ2) is 3.42. The Kier molecular flexibility index (Phi) is 2.39. The monoisotopic (exact) mass is 213 g/mol. The molecule has 0 aliphatic carbocycles. The lowest BCUT2D eigenvalue weighted by Crippen LogP contribution is -2.56. The second-order valence-corrected chi connectivity index (χ2v) is 3.89. The van der Waals surface area contributed by atoms with E-state index < -0.39 is 5.60 Å². The van der Waals surface area contributed by atoms with Crippen LogP contribution in [0.3, 0.4) is 0 Å². The van der Waals surface area contributed by atoms with Crippen molar-refractivity contribution in [1.82, 2.24) is 5.32 Å². The molecule has 1 fully saturated rings. The van der Waals surface area contributed by atoms with E-state index in [1.807, 2.05) is 6.07 Å². The van der Waals surface area contributed by atoms with E-state index in [1.165, 1.54) is 0 Å². The molecule has 0 aromatic heterocycles. The standard InChI is InChI=1S/C10H12ClNO2/c1-14-7-2-3-8(9(11)4-7)10(13)5-12-6-10/h2-4,12-13H,5-6H2,1H3. The smallest absolute Gasteiger partial charge is 0.120 e. The number of rotatable bonds is 2. The zero-order valence-electron chi connectivity index (χ0n) is 7.88. The summed E-state index contributed by atoms with van der Waals surface area (Å²) in [4.78, 5) is 0. The third kappa shape index (κ3) is 1.47. The van der Waals surface area contributed by atoms with Crippen LogP contribution in [0, 0.1) is 0 Å². The number of halogens is 1. The van der Waals surface area contributed by atoms with Gasteiger partial charge in [0.05, 0.1) is 12.1 Å². The summed E-state index contributed by atoms with van der Waals surface area (Å²) in [7, 11) is 1.59. The van der Waals surface area contributed by atoms with Crippen molar-refractivity contribution >= 4 is 11.6 Å². The quantitative estimate of drug-likeness (QED) is 0.774. The summed E-state index contributed by atoms with van der Waals surface area (Å²) in [5.74, 6) is 0.703. The summed E-state index contributed by atoms with van der Waals surface area (Å²) in [5.41, 5.74) is -0.0395. The maximum absolute atomic E-state index is 10.0. The van der Waals surface area contributed by atoms with Gasteiger partial charge in [0, 0.05) is 18.7 Å². The van der Waals surface area contributed by atoms with Crippen molar-refractivity contribution in [3.05, 3.63) is 28.8 Å². The number of benzene rings is 1. The lowest BCUT2D eigenvalue weighted by molar-refractivity contribution is -0.0145.